The van der Waals surface area contributed by atoms with Gasteiger partial charge in [0.25, 0.3) is 0 Å². The van der Waals surface area contributed by atoms with Crippen LogP contribution in [0.25, 0.3) is 0 Å². The molecule has 0 aliphatic heterocycles. The van der Waals surface area contributed by atoms with Gasteiger partial charge in [-0.2, -0.15) is 0 Å². The summed E-state index contributed by atoms with van der Waals surface area (Å²) in [5.74, 6) is -0.00995. The zero-order valence-corrected chi connectivity index (χ0v) is 13.4. The summed E-state index contributed by atoms with van der Waals surface area (Å²) in [6.45, 7) is 0.313. The molecular formula is C15H16N2O3S2. The topological polar surface area (TPSA) is 89.3 Å². The van der Waals surface area contributed by atoms with Gasteiger partial charge in [-0.15, -0.1) is 11.3 Å². The summed E-state index contributed by atoms with van der Waals surface area (Å²) in [6, 6.07) is 12.9. The highest BCUT2D eigenvalue weighted by molar-refractivity contribution is 7.91. The molecule has 0 radical (unpaired) electrons. The van der Waals surface area contributed by atoms with Crippen LogP contribution in [0.1, 0.15) is 23.3 Å². The van der Waals surface area contributed by atoms with Crippen LogP contribution in [0.2, 0.25) is 0 Å². The summed E-state index contributed by atoms with van der Waals surface area (Å²) in [6.07, 6.45) is 1.69. The molecule has 0 unspecified atom stereocenters. The van der Waals surface area contributed by atoms with E-state index in [1.54, 1.807) is 6.07 Å². The van der Waals surface area contributed by atoms with Gasteiger partial charge >= 0.3 is 0 Å². The first-order valence-electron chi connectivity index (χ1n) is 6.87. The predicted octanol–water partition coefficient (Wildman–Crippen LogP) is 1.74. The smallest absolute Gasteiger partial charge is 0.247 e. The van der Waals surface area contributed by atoms with Crippen molar-refractivity contribution in [3.05, 3.63) is 52.9 Å². The molecule has 2 aromatic rings. The van der Waals surface area contributed by atoms with Crippen molar-refractivity contribution in [3.63, 3.8) is 0 Å². The Morgan fingerprint density at radius 3 is 2.41 bits per heavy atom. The van der Waals surface area contributed by atoms with Crippen molar-refractivity contribution in [1.29, 1.82) is 0 Å². The van der Waals surface area contributed by atoms with Crippen LogP contribution >= 0.6 is 11.3 Å². The number of primary sulfonamides is 1. The number of nitrogens with two attached hydrogens (primary N) is 1. The van der Waals surface area contributed by atoms with E-state index in [4.69, 9.17) is 5.14 Å². The van der Waals surface area contributed by atoms with Crippen LogP contribution in [0.5, 0.6) is 0 Å². The summed E-state index contributed by atoms with van der Waals surface area (Å²) < 4.78 is 22.6. The Bertz CT molecular complexity index is 793. The molecule has 1 aromatic heterocycles. The summed E-state index contributed by atoms with van der Waals surface area (Å²) in [4.78, 5) is 13.2. The molecule has 1 amide bonds. The van der Waals surface area contributed by atoms with Crippen LogP contribution < -0.4 is 10.5 Å². The van der Waals surface area contributed by atoms with Crippen LogP contribution in [0.3, 0.4) is 0 Å². The van der Waals surface area contributed by atoms with Crippen molar-refractivity contribution in [2.45, 2.75) is 29.0 Å². The first kappa shape index (κ1) is 15.2. The minimum Gasteiger partial charge on any atom is -0.350 e. The van der Waals surface area contributed by atoms with E-state index in [1.165, 1.54) is 6.07 Å². The van der Waals surface area contributed by atoms with Gasteiger partial charge in [-0.3, -0.25) is 4.79 Å². The van der Waals surface area contributed by atoms with Gasteiger partial charge in [-0.1, -0.05) is 30.3 Å². The van der Waals surface area contributed by atoms with Crippen molar-refractivity contribution in [2.75, 3.05) is 0 Å². The van der Waals surface area contributed by atoms with Gasteiger partial charge < -0.3 is 5.32 Å². The van der Waals surface area contributed by atoms with E-state index in [-0.39, 0.29) is 10.1 Å². The van der Waals surface area contributed by atoms with Gasteiger partial charge in [0.2, 0.25) is 15.9 Å². The van der Waals surface area contributed by atoms with E-state index in [1.807, 2.05) is 30.3 Å². The van der Waals surface area contributed by atoms with Gasteiger partial charge in [0.1, 0.15) is 4.21 Å². The molecule has 22 heavy (non-hydrogen) atoms. The fourth-order valence-corrected chi connectivity index (χ4v) is 4.19. The highest BCUT2D eigenvalue weighted by Crippen LogP contribution is 2.48. The number of rotatable bonds is 5. The molecule has 0 spiro atoms. The van der Waals surface area contributed by atoms with E-state index in [2.05, 4.69) is 5.32 Å². The molecular weight excluding hydrogens is 320 g/mol. The van der Waals surface area contributed by atoms with Gasteiger partial charge in [0.15, 0.2) is 0 Å². The first-order chi connectivity index (χ1) is 10.4. The van der Waals surface area contributed by atoms with Crippen molar-refractivity contribution in [1.82, 2.24) is 5.32 Å². The Kier molecular flexibility index (Phi) is 3.80. The van der Waals surface area contributed by atoms with Crippen molar-refractivity contribution in [2.24, 2.45) is 5.14 Å². The summed E-state index contributed by atoms with van der Waals surface area (Å²) in [7, 11) is -3.67. The lowest BCUT2D eigenvalue weighted by Gasteiger charge is -2.15. The maximum atomic E-state index is 12.5. The lowest BCUT2D eigenvalue weighted by atomic mass is 9.95. The van der Waals surface area contributed by atoms with Crippen LogP contribution in [-0.2, 0) is 26.8 Å². The number of hydrogen-bond acceptors (Lipinski definition) is 4. The zero-order chi connectivity index (χ0) is 15.8. The molecule has 1 fully saturated rings. The summed E-state index contributed by atoms with van der Waals surface area (Å²) in [5, 5.41) is 7.98. The number of sulfonamides is 1. The Hall–Kier alpha value is -1.70. The zero-order valence-electron chi connectivity index (χ0n) is 11.8. The molecule has 1 aliphatic carbocycles. The molecule has 5 nitrogen and oxygen atoms in total. The monoisotopic (exact) mass is 336 g/mol. The predicted molar refractivity (Wildman–Crippen MR) is 84.9 cm³/mol. The number of nitrogens with one attached hydrogen (secondary N) is 1. The number of carbonyl (C=O) groups is 1. The quantitative estimate of drug-likeness (QED) is 0.871. The number of carbonyl (C=O) groups excluding carboxylic acids is 1. The normalized spacial score (nSPS) is 16.2. The Labute approximate surface area is 133 Å². The Morgan fingerprint density at radius 2 is 1.86 bits per heavy atom. The highest BCUT2D eigenvalue weighted by Gasteiger charge is 2.50. The molecule has 0 atom stereocenters. The van der Waals surface area contributed by atoms with Crippen LogP contribution in [0.4, 0.5) is 0 Å². The lowest BCUT2D eigenvalue weighted by Crippen LogP contribution is -2.34. The second kappa shape index (κ2) is 5.49. The Balaban J connectivity index is 1.67. The maximum Gasteiger partial charge on any atom is 0.247 e. The van der Waals surface area contributed by atoms with Crippen LogP contribution in [-0.4, -0.2) is 14.3 Å². The average Bonchev–Trinajstić information content (AvgIpc) is 3.16. The highest BCUT2D eigenvalue weighted by atomic mass is 32.2. The molecule has 3 N–H and O–H groups in total. The molecule has 0 bridgehead atoms. The minimum atomic E-state index is -3.67. The molecule has 1 aromatic carbocycles. The van der Waals surface area contributed by atoms with E-state index < -0.39 is 15.4 Å². The molecule has 7 heteroatoms. The third kappa shape index (κ3) is 2.92. The largest absolute Gasteiger partial charge is 0.350 e. The van der Waals surface area contributed by atoms with Crippen LogP contribution in [0, 0.1) is 0 Å². The molecule has 1 heterocycles. The summed E-state index contributed by atoms with van der Waals surface area (Å²) >= 11 is 1.08. The number of amides is 1. The fourth-order valence-electron chi connectivity index (χ4n) is 2.47. The molecule has 1 aliphatic rings. The van der Waals surface area contributed by atoms with Crippen LogP contribution in [0.15, 0.2) is 46.7 Å². The van der Waals surface area contributed by atoms with Gasteiger partial charge in [0, 0.05) is 4.88 Å². The minimum absolute atomic E-state index is 0.00995. The van der Waals surface area contributed by atoms with E-state index in [0.29, 0.717) is 6.54 Å². The summed E-state index contributed by atoms with van der Waals surface area (Å²) in [5.41, 5.74) is 0.616. The average molecular weight is 336 g/mol. The van der Waals surface area contributed by atoms with Crippen molar-refractivity contribution >= 4 is 27.3 Å². The van der Waals surface area contributed by atoms with Gasteiger partial charge in [-0.25, -0.2) is 13.6 Å². The van der Waals surface area contributed by atoms with Gasteiger partial charge in [-0.05, 0) is 30.5 Å². The van der Waals surface area contributed by atoms with E-state index >= 15 is 0 Å². The molecule has 3 rings (SSSR count). The van der Waals surface area contributed by atoms with Crippen molar-refractivity contribution in [3.8, 4) is 0 Å². The molecule has 116 valence electrons. The second-order valence-corrected chi connectivity index (χ2v) is 8.35. The standard InChI is InChI=1S/C15H16N2O3S2/c16-22(19,20)13-7-6-12(21-13)10-17-14(18)15(8-9-15)11-4-2-1-3-5-11/h1-7H,8-10H2,(H,17,18)(H2,16,19,20). The number of thiophene rings is 1. The number of benzene rings is 1. The second-order valence-electron chi connectivity index (χ2n) is 5.40. The first-order valence-corrected chi connectivity index (χ1v) is 9.23. The SMILES string of the molecule is NS(=O)(=O)c1ccc(CNC(=O)C2(c3ccccc3)CC2)s1. The van der Waals surface area contributed by atoms with Crippen molar-refractivity contribution < 1.29 is 13.2 Å². The van der Waals surface area contributed by atoms with E-state index in [0.717, 1.165) is 34.6 Å². The third-order valence-corrected chi connectivity index (χ3v) is 6.38. The number of hydrogen-bond donors (Lipinski definition) is 2. The third-order valence-electron chi connectivity index (χ3n) is 3.85. The maximum absolute atomic E-state index is 12.5. The fraction of sp³-hybridized carbons (Fsp3) is 0.267. The molecule has 0 saturated heterocycles. The molecule has 1 saturated carbocycles. The van der Waals surface area contributed by atoms with Gasteiger partial charge in [0.05, 0.1) is 12.0 Å². The lowest BCUT2D eigenvalue weighted by molar-refractivity contribution is -0.123. The van der Waals surface area contributed by atoms with E-state index in [9.17, 15) is 13.2 Å². The Morgan fingerprint density at radius 1 is 1.18 bits per heavy atom.